The Balaban J connectivity index is 1.92. The molecule has 3 rings (SSSR count). The van der Waals surface area contributed by atoms with E-state index >= 15 is 0 Å². The molecule has 78 valence electrons. The Kier molecular flexibility index (Phi) is 2.10. The lowest BCUT2D eigenvalue weighted by molar-refractivity contribution is 0.226. The summed E-state index contributed by atoms with van der Waals surface area (Å²) in [7, 11) is 0. The third-order valence-corrected chi connectivity index (χ3v) is 2.86. The number of aromatic amines is 1. The molecule has 1 aromatic heterocycles. The van der Waals surface area contributed by atoms with Gasteiger partial charge in [0.2, 0.25) is 0 Å². The maximum absolute atomic E-state index is 5.96. The Hall–Kier alpha value is -1.48. The van der Waals surface area contributed by atoms with Gasteiger partial charge in [0.15, 0.2) is 0 Å². The van der Waals surface area contributed by atoms with Gasteiger partial charge in [0.05, 0.1) is 0 Å². The molecule has 1 fully saturated rings. The minimum absolute atomic E-state index is 0.325. The van der Waals surface area contributed by atoms with Crippen LogP contribution in [0, 0.1) is 0 Å². The highest BCUT2D eigenvalue weighted by molar-refractivity contribution is 5.85. The summed E-state index contributed by atoms with van der Waals surface area (Å²) in [6.07, 6.45) is 3.37. The number of benzene rings is 1. The van der Waals surface area contributed by atoms with Crippen LogP contribution in [0.25, 0.3) is 10.9 Å². The van der Waals surface area contributed by atoms with Crippen molar-refractivity contribution in [3.05, 3.63) is 30.5 Å². The van der Waals surface area contributed by atoms with E-state index in [-0.39, 0.29) is 0 Å². The molecule has 0 aliphatic carbocycles. The zero-order valence-electron chi connectivity index (χ0n) is 8.49. The normalized spacial score (nSPS) is 20.9. The van der Waals surface area contributed by atoms with Crippen LogP contribution in [0.1, 0.15) is 6.42 Å². The molecule has 2 aromatic rings. The van der Waals surface area contributed by atoms with Crippen molar-refractivity contribution in [3.63, 3.8) is 0 Å². The van der Waals surface area contributed by atoms with Crippen LogP contribution in [0.2, 0.25) is 0 Å². The molecule has 1 aliphatic heterocycles. The van der Waals surface area contributed by atoms with Crippen LogP contribution in [-0.2, 0) is 0 Å². The van der Waals surface area contributed by atoms with Gasteiger partial charge in [-0.1, -0.05) is 6.07 Å². The number of ether oxygens (including phenoxy) is 1. The summed E-state index contributed by atoms with van der Waals surface area (Å²) >= 11 is 0. The average molecular weight is 202 g/mol. The van der Waals surface area contributed by atoms with Gasteiger partial charge >= 0.3 is 0 Å². The lowest BCUT2D eigenvalue weighted by Gasteiger charge is -2.13. The molecule has 3 nitrogen and oxygen atoms in total. The first kappa shape index (κ1) is 8.80. The van der Waals surface area contributed by atoms with Gasteiger partial charge in [-0.25, -0.2) is 0 Å². The largest absolute Gasteiger partial charge is 0.488 e. The fourth-order valence-corrected chi connectivity index (χ4v) is 2.07. The predicted octanol–water partition coefficient (Wildman–Crippen LogP) is 1.91. The first-order valence-corrected chi connectivity index (χ1v) is 5.37. The number of aromatic nitrogens is 1. The predicted molar refractivity (Wildman–Crippen MR) is 60.2 cm³/mol. The summed E-state index contributed by atoms with van der Waals surface area (Å²) in [5, 5.41) is 4.47. The summed E-state index contributed by atoms with van der Waals surface area (Å²) < 4.78 is 5.96. The lowest BCUT2D eigenvalue weighted by atomic mass is 10.2. The minimum Gasteiger partial charge on any atom is -0.488 e. The van der Waals surface area contributed by atoms with Crippen LogP contribution in [-0.4, -0.2) is 24.2 Å². The number of hydrogen-bond donors (Lipinski definition) is 2. The van der Waals surface area contributed by atoms with Crippen molar-refractivity contribution in [1.82, 2.24) is 10.3 Å². The molecule has 1 unspecified atom stereocenters. The number of fused-ring (bicyclic) bond motifs is 1. The Bertz CT molecular complexity index is 457. The second kappa shape index (κ2) is 3.59. The van der Waals surface area contributed by atoms with Crippen LogP contribution < -0.4 is 10.1 Å². The number of nitrogens with one attached hydrogen (secondary N) is 2. The van der Waals surface area contributed by atoms with E-state index in [0.717, 1.165) is 30.8 Å². The third-order valence-electron chi connectivity index (χ3n) is 2.86. The highest BCUT2D eigenvalue weighted by Crippen LogP contribution is 2.26. The monoisotopic (exact) mass is 202 g/mol. The number of rotatable bonds is 2. The standard InChI is InChI=1S/C12H14N2O/c1-2-11-10(5-7-14-11)12(3-1)15-9-4-6-13-8-9/h1-3,5,7,9,13-14H,4,6,8H2. The van der Waals surface area contributed by atoms with Gasteiger partial charge in [0, 0.05) is 23.6 Å². The highest BCUT2D eigenvalue weighted by atomic mass is 16.5. The zero-order valence-corrected chi connectivity index (χ0v) is 8.49. The van der Waals surface area contributed by atoms with Crippen LogP contribution in [0.15, 0.2) is 30.5 Å². The van der Waals surface area contributed by atoms with Crippen LogP contribution in [0.5, 0.6) is 5.75 Å². The molecule has 0 radical (unpaired) electrons. The maximum Gasteiger partial charge on any atom is 0.129 e. The summed E-state index contributed by atoms with van der Waals surface area (Å²) in [5.41, 5.74) is 1.14. The van der Waals surface area contributed by atoms with E-state index in [1.807, 2.05) is 18.3 Å². The van der Waals surface area contributed by atoms with Crippen LogP contribution >= 0.6 is 0 Å². The first-order valence-electron chi connectivity index (χ1n) is 5.37. The van der Waals surface area contributed by atoms with Crippen molar-refractivity contribution in [2.45, 2.75) is 12.5 Å². The molecule has 3 heteroatoms. The lowest BCUT2D eigenvalue weighted by Crippen LogP contribution is -2.19. The summed E-state index contributed by atoms with van der Waals surface area (Å²) in [6, 6.07) is 8.19. The van der Waals surface area contributed by atoms with E-state index in [1.54, 1.807) is 0 Å². The molecule has 0 saturated carbocycles. The van der Waals surface area contributed by atoms with E-state index < -0.39 is 0 Å². The molecule has 1 saturated heterocycles. The Morgan fingerprint density at radius 1 is 1.27 bits per heavy atom. The Morgan fingerprint density at radius 3 is 3.13 bits per heavy atom. The van der Waals surface area contributed by atoms with E-state index in [9.17, 15) is 0 Å². The number of H-pyrrole nitrogens is 1. The molecule has 2 heterocycles. The first-order chi connectivity index (χ1) is 7.43. The van der Waals surface area contributed by atoms with E-state index in [2.05, 4.69) is 22.4 Å². The van der Waals surface area contributed by atoms with E-state index in [1.165, 1.54) is 5.39 Å². The molecule has 0 amide bonds. The number of hydrogen-bond acceptors (Lipinski definition) is 2. The SMILES string of the molecule is c1cc(OC2CCNC2)c2cc[nH]c2c1. The van der Waals surface area contributed by atoms with E-state index in [0.29, 0.717) is 6.10 Å². The molecule has 2 N–H and O–H groups in total. The summed E-state index contributed by atoms with van der Waals surface area (Å²) in [6.45, 7) is 2.02. The van der Waals surface area contributed by atoms with Gasteiger partial charge in [0.25, 0.3) is 0 Å². The van der Waals surface area contributed by atoms with Crippen molar-refractivity contribution in [2.75, 3.05) is 13.1 Å². The summed E-state index contributed by atoms with van der Waals surface area (Å²) in [4.78, 5) is 3.19. The molecule has 15 heavy (non-hydrogen) atoms. The molecule has 1 aliphatic rings. The van der Waals surface area contributed by atoms with Crippen LogP contribution in [0.4, 0.5) is 0 Å². The fourth-order valence-electron chi connectivity index (χ4n) is 2.07. The van der Waals surface area contributed by atoms with Gasteiger partial charge in [-0.05, 0) is 31.2 Å². The zero-order chi connectivity index (χ0) is 10.1. The topological polar surface area (TPSA) is 37.0 Å². The van der Waals surface area contributed by atoms with E-state index in [4.69, 9.17) is 4.74 Å². The summed E-state index contributed by atoms with van der Waals surface area (Å²) in [5.74, 6) is 0.988. The molecular weight excluding hydrogens is 188 g/mol. The molecule has 0 bridgehead atoms. The van der Waals surface area contributed by atoms with Gasteiger partial charge in [-0.2, -0.15) is 0 Å². The highest BCUT2D eigenvalue weighted by Gasteiger charge is 2.16. The fraction of sp³-hybridized carbons (Fsp3) is 0.333. The smallest absolute Gasteiger partial charge is 0.129 e. The quantitative estimate of drug-likeness (QED) is 0.780. The van der Waals surface area contributed by atoms with Gasteiger partial charge in [0.1, 0.15) is 11.9 Å². The maximum atomic E-state index is 5.96. The minimum atomic E-state index is 0.325. The molecule has 1 atom stereocenters. The van der Waals surface area contributed by atoms with Gasteiger partial charge < -0.3 is 15.0 Å². The second-order valence-electron chi connectivity index (χ2n) is 3.93. The Labute approximate surface area is 88.4 Å². The van der Waals surface area contributed by atoms with Crippen molar-refractivity contribution in [1.29, 1.82) is 0 Å². The molecule has 1 aromatic carbocycles. The van der Waals surface area contributed by atoms with Crippen molar-refractivity contribution in [2.24, 2.45) is 0 Å². The third kappa shape index (κ3) is 1.59. The van der Waals surface area contributed by atoms with Crippen molar-refractivity contribution < 1.29 is 4.74 Å². The van der Waals surface area contributed by atoms with Gasteiger partial charge in [-0.15, -0.1) is 0 Å². The average Bonchev–Trinajstić information content (AvgIpc) is 2.87. The van der Waals surface area contributed by atoms with Crippen molar-refractivity contribution in [3.8, 4) is 5.75 Å². The molecular formula is C12H14N2O. The van der Waals surface area contributed by atoms with Crippen LogP contribution in [0.3, 0.4) is 0 Å². The second-order valence-corrected chi connectivity index (χ2v) is 3.93. The van der Waals surface area contributed by atoms with Gasteiger partial charge in [-0.3, -0.25) is 0 Å². The Morgan fingerprint density at radius 2 is 2.27 bits per heavy atom. The molecule has 0 spiro atoms. The van der Waals surface area contributed by atoms with Crippen molar-refractivity contribution >= 4 is 10.9 Å².